The molecule has 4 rings (SSSR count). The van der Waals surface area contributed by atoms with E-state index in [1.54, 1.807) is 0 Å². The highest BCUT2D eigenvalue weighted by atomic mass is 32.2. The van der Waals surface area contributed by atoms with Crippen molar-refractivity contribution in [3.05, 3.63) is 28.8 Å². The van der Waals surface area contributed by atoms with Gasteiger partial charge in [0.15, 0.2) is 0 Å². The molecule has 4 nitrogen and oxygen atoms in total. The van der Waals surface area contributed by atoms with Crippen molar-refractivity contribution < 1.29 is 44.4 Å². The van der Waals surface area contributed by atoms with Crippen molar-refractivity contribution in [3.63, 3.8) is 0 Å². The van der Waals surface area contributed by atoms with E-state index in [0.717, 1.165) is 103 Å². The highest BCUT2D eigenvalue weighted by Crippen LogP contribution is 2.55. The maximum Gasteiger partial charge on any atom is 0.414 e. The third-order valence-electron chi connectivity index (χ3n) is 8.52. The van der Waals surface area contributed by atoms with Crippen molar-refractivity contribution in [3.8, 4) is 5.75 Å². The number of aliphatic hydroxyl groups is 1. The second kappa shape index (κ2) is 16.9. The van der Waals surface area contributed by atoms with Crippen LogP contribution in [0.3, 0.4) is 0 Å². The Hall–Kier alpha value is -0.980. The van der Waals surface area contributed by atoms with Crippen LogP contribution < -0.4 is 4.18 Å². The van der Waals surface area contributed by atoms with E-state index in [0.29, 0.717) is 17.0 Å². The van der Waals surface area contributed by atoms with Crippen LogP contribution in [0, 0.1) is 0 Å². The van der Waals surface area contributed by atoms with E-state index in [2.05, 4.69) is 0 Å². The Morgan fingerprint density at radius 3 is 1.43 bits per heavy atom. The highest BCUT2D eigenvalue weighted by molar-refractivity contribution is 7.96. The van der Waals surface area contributed by atoms with Gasteiger partial charge in [0.25, 0.3) is 0 Å². The quantitative estimate of drug-likeness (QED) is 0.158. The van der Waals surface area contributed by atoms with Crippen LogP contribution in [0.5, 0.6) is 5.75 Å². The van der Waals surface area contributed by atoms with Crippen molar-refractivity contribution in [2.75, 3.05) is 7.11 Å². The summed E-state index contributed by atoms with van der Waals surface area (Å²) < 4.78 is 110. The molecule has 0 aliphatic heterocycles. The van der Waals surface area contributed by atoms with Crippen molar-refractivity contribution in [1.29, 1.82) is 0 Å². The Kier molecular flexibility index (Phi) is 15.0. The van der Waals surface area contributed by atoms with Gasteiger partial charge in [-0.15, -0.1) is 0 Å². The molecule has 0 aromatic heterocycles. The highest BCUT2D eigenvalue weighted by Gasteiger charge is 2.76. The molecule has 0 heterocycles. The van der Waals surface area contributed by atoms with E-state index in [-0.39, 0.29) is 17.6 Å². The molecule has 12 heteroatoms. The molecule has 0 radical (unpaired) electrons. The standard InChI is InChI=1S/C27H36F6O3S2.C2H6.CH4O/c28-25(29,27(32,33)38(34)35)26(30,31)37-36-24-22(19-12-6-2-7-13-19)16-21(18-10-4-1-5-11-18)17-23(24)20-14-8-3-9-15-20;2*1-2/h16-20H,1-15H2,(H,34,35);1-2H3;2H,1H3. The fraction of sp³-hybridized carbons (Fsp3) is 0.800. The first-order valence-electron chi connectivity index (χ1n) is 15.2. The molecule has 1 aromatic carbocycles. The molecule has 3 aliphatic rings. The molecule has 1 aromatic rings. The number of alkyl halides is 6. The average molecular weight is 649 g/mol. The van der Waals surface area contributed by atoms with Crippen LogP contribution in [-0.2, 0) is 11.1 Å². The summed E-state index contributed by atoms with van der Waals surface area (Å²) in [6.45, 7) is 4.00. The summed E-state index contributed by atoms with van der Waals surface area (Å²) in [5.74, 6) is -5.67. The maximum atomic E-state index is 14.6. The van der Waals surface area contributed by atoms with Gasteiger partial charge in [-0.3, -0.25) is 0 Å². The first-order chi connectivity index (χ1) is 20.0. The zero-order valence-corrected chi connectivity index (χ0v) is 26.4. The zero-order chi connectivity index (χ0) is 31.6. The number of rotatable bonds is 9. The lowest BCUT2D eigenvalue weighted by Gasteiger charge is -2.33. The van der Waals surface area contributed by atoms with E-state index in [1.807, 2.05) is 26.0 Å². The maximum absolute atomic E-state index is 14.6. The third-order valence-corrected chi connectivity index (χ3v) is 9.93. The van der Waals surface area contributed by atoms with Gasteiger partial charge in [0.2, 0.25) is 11.1 Å². The number of hydrogen-bond donors (Lipinski definition) is 2. The molecule has 3 fully saturated rings. The van der Waals surface area contributed by atoms with Gasteiger partial charge in [0.1, 0.15) is 17.8 Å². The van der Waals surface area contributed by atoms with Crippen molar-refractivity contribution >= 4 is 23.1 Å². The largest absolute Gasteiger partial charge is 0.419 e. The Bertz CT molecular complexity index is 938. The van der Waals surface area contributed by atoms with Crippen LogP contribution in [0.25, 0.3) is 0 Å². The summed E-state index contributed by atoms with van der Waals surface area (Å²) in [6, 6.07) is 3.98. The predicted molar refractivity (Wildman–Crippen MR) is 157 cm³/mol. The van der Waals surface area contributed by atoms with Gasteiger partial charge in [0, 0.05) is 7.11 Å². The summed E-state index contributed by atoms with van der Waals surface area (Å²) in [4.78, 5) is 0. The Labute approximate surface area is 253 Å². The lowest BCUT2D eigenvalue weighted by molar-refractivity contribution is -0.241. The number of benzene rings is 1. The van der Waals surface area contributed by atoms with E-state index < -0.39 is 39.6 Å². The van der Waals surface area contributed by atoms with Crippen molar-refractivity contribution in [2.24, 2.45) is 0 Å². The normalized spacial score (nSPS) is 20.5. The molecule has 42 heavy (non-hydrogen) atoms. The monoisotopic (exact) mass is 648 g/mol. The lowest BCUT2D eigenvalue weighted by Crippen LogP contribution is -2.54. The van der Waals surface area contributed by atoms with Crippen LogP contribution in [0.1, 0.15) is 145 Å². The first kappa shape index (κ1) is 37.2. The molecule has 2 N–H and O–H groups in total. The van der Waals surface area contributed by atoms with Crippen LogP contribution in [0.4, 0.5) is 26.3 Å². The average Bonchev–Trinajstić information content (AvgIpc) is 3.02. The van der Waals surface area contributed by atoms with Gasteiger partial charge >= 0.3 is 16.4 Å². The minimum absolute atomic E-state index is 0.00532. The molecule has 0 amide bonds. The molecular weight excluding hydrogens is 602 g/mol. The molecular formula is C30H46F6O4S2. The van der Waals surface area contributed by atoms with Crippen LogP contribution >= 0.6 is 12.0 Å². The van der Waals surface area contributed by atoms with E-state index >= 15 is 0 Å². The van der Waals surface area contributed by atoms with Crippen LogP contribution in [0.2, 0.25) is 0 Å². The molecule has 3 saturated carbocycles. The summed E-state index contributed by atoms with van der Waals surface area (Å²) >= 11 is -5.52. The minimum Gasteiger partial charge on any atom is -0.419 e. The van der Waals surface area contributed by atoms with Gasteiger partial charge in [0.05, 0.1) is 0 Å². The molecule has 3 aliphatic carbocycles. The zero-order valence-electron chi connectivity index (χ0n) is 24.8. The fourth-order valence-corrected chi connectivity index (χ4v) is 7.35. The summed E-state index contributed by atoms with van der Waals surface area (Å²) in [6.07, 6.45) is 14.6. The summed E-state index contributed by atoms with van der Waals surface area (Å²) in [5, 5.41) is -4.30. The Morgan fingerprint density at radius 2 is 1.07 bits per heavy atom. The van der Waals surface area contributed by atoms with Gasteiger partial charge in [-0.05, 0) is 73.0 Å². The Balaban J connectivity index is 0.00000148. The third kappa shape index (κ3) is 8.59. The van der Waals surface area contributed by atoms with Gasteiger partial charge < -0.3 is 13.8 Å². The molecule has 0 bridgehead atoms. The van der Waals surface area contributed by atoms with Crippen LogP contribution in [0.15, 0.2) is 12.1 Å². The fourth-order valence-electron chi connectivity index (χ4n) is 6.33. The second-order valence-corrected chi connectivity index (χ2v) is 12.9. The molecule has 0 spiro atoms. The first-order valence-corrected chi connectivity index (χ1v) is 17.0. The number of hydrogen-bond acceptors (Lipinski definition) is 4. The lowest BCUT2D eigenvalue weighted by atomic mass is 9.75. The molecule has 244 valence electrons. The van der Waals surface area contributed by atoms with E-state index in [9.17, 15) is 30.6 Å². The van der Waals surface area contributed by atoms with Gasteiger partial charge in [-0.2, -0.15) is 26.3 Å². The van der Waals surface area contributed by atoms with Crippen LogP contribution in [-0.4, -0.2) is 37.4 Å². The molecule has 1 atom stereocenters. The van der Waals surface area contributed by atoms with Crippen molar-refractivity contribution in [1.82, 2.24) is 0 Å². The van der Waals surface area contributed by atoms with Gasteiger partial charge in [-0.25, -0.2) is 4.21 Å². The number of aliphatic hydroxyl groups excluding tert-OH is 1. The smallest absolute Gasteiger partial charge is 0.414 e. The van der Waals surface area contributed by atoms with Gasteiger partial charge in [-0.1, -0.05) is 83.8 Å². The SMILES string of the molecule is CC.CO.O=S(O)C(F)(F)C(F)(F)C(F)(F)SOc1c(C2CCCCC2)cc(C2CCCCC2)cc1C1CCCCC1. The summed E-state index contributed by atoms with van der Waals surface area (Å²) in [5.41, 5.74) is 2.54. The van der Waals surface area contributed by atoms with E-state index in [4.69, 9.17) is 13.8 Å². The predicted octanol–water partition coefficient (Wildman–Crippen LogP) is 10.5. The number of halogens is 6. The molecule has 1 unspecified atom stereocenters. The summed E-state index contributed by atoms with van der Waals surface area (Å²) in [7, 11) is 1.00. The van der Waals surface area contributed by atoms with Crippen molar-refractivity contribution in [2.45, 2.75) is 144 Å². The Morgan fingerprint density at radius 1 is 0.714 bits per heavy atom. The minimum atomic E-state index is -6.11. The second-order valence-electron chi connectivity index (χ2n) is 11.1. The molecule has 0 saturated heterocycles. The van der Waals surface area contributed by atoms with E-state index in [1.165, 1.54) is 6.42 Å². The topological polar surface area (TPSA) is 66.8 Å².